The molecule has 15 heavy (non-hydrogen) atoms. The minimum atomic E-state index is 0.228. The summed E-state index contributed by atoms with van der Waals surface area (Å²) in [7, 11) is 0. The van der Waals surface area contributed by atoms with Gasteiger partial charge in [0, 0.05) is 0 Å². The van der Waals surface area contributed by atoms with Crippen molar-refractivity contribution < 1.29 is 0 Å². The molecule has 0 unspecified atom stereocenters. The maximum atomic E-state index is 8.82. The molecule has 1 nitrogen and oxygen atoms in total. The van der Waals surface area contributed by atoms with Gasteiger partial charge in [-0.2, -0.15) is 5.26 Å². The van der Waals surface area contributed by atoms with Crippen LogP contribution in [0.4, 0.5) is 0 Å². The second-order valence-corrected chi connectivity index (χ2v) is 5.12. The van der Waals surface area contributed by atoms with Gasteiger partial charge in [-0.25, -0.2) is 0 Å². The highest BCUT2D eigenvalue weighted by molar-refractivity contribution is 5.66. The van der Waals surface area contributed by atoms with Gasteiger partial charge in [-0.15, -0.1) is 0 Å². The second kappa shape index (κ2) is 3.24. The summed E-state index contributed by atoms with van der Waals surface area (Å²) in [4.78, 5) is 0. The number of benzene rings is 1. The molecule has 0 atom stereocenters. The Kier molecular flexibility index (Phi) is 2.16. The van der Waals surface area contributed by atoms with Gasteiger partial charge in [0.05, 0.1) is 11.6 Å². The van der Waals surface area contributed by atoms with Crippen molar-refractivity contribution in [1.29, 1.82) is 5.26 Å². The summed E-state index contributed by atoms with van der Waals surface area (Å²) in [6.07, 6.45) is 3.26. The molecule has 1 heteroatoms. The van der Waals surface area contributed by atoms with E-state index in [1.165, 1.54) is 16.7 Å². The number of hydrogen-bond donors (Lipinski definition) is 0. The van der Waals surface area contributed by atoms with E-state index in [1.54, 1.807) is 0 Å². The van der Waals surface area contributed by atoms with Crippen molar-refractivity contribution in [1.82, 2.24) is 0 Å². The molecule has 0 aromatic heterocycles. The Morgan fingerprint density at radius 1 is 1.27 bits per heavy atom. The molecule has 0 heterocycles. The highest BCUT2D eigenvalue weighted by atomic mass is 14.3. The number of allylic oxidation sites excluding steroid dienone is 1. The number of rotatable bonds is 0. The summed E-state index contributed by atoms with van der Waals surface area (Å²) < 4.78 is 0. The first-order valence-corrected chi connectivity index (χ1v) is 5.25. The van der Waals surface area contributed by atoms with Gasteiger partial charge in [0.2, 0.25) is 0 Å². The molecular weight excluding hydrogens is 182 g/mol. The van der Waals surface area contributed by atoms with E-state index in [4.69, 9.17) is 5.26 Å². The Hall–Kier alpha value is -1.55. The number of fused-ring (bicyclic) bond motifs is 1. The third kappa shape index (κ3) is 1.80. The smallest absolute Gasteiger partial charge is 0.0991 e. The zero-order valence-electron chi connectivity index (χ0n) is 9.46. The van der Waals surface area contributed by atoms with E-state index in [0.717, 1.165) is 12.0 Å². The summed E-state index contributed by atoms with van der Waals surface area (Å²) >= 11 is 0. The fourth-order valence-corrected chi connectivity index (χ4v) is 1.89. The van der Waals surface area contributed by atoms with Crippen molar-refractivity contribution in [2.24, 2.45) is 5.41 Å². The first-order chi connectivity index (χ1) is 7.00. The molecule has 0 saturated carbocycles. The summed E-state index contributed by atoms with van der Waals surface area (Å²) in [5.74, 6) is 0. The van der Waals surface area contributed by atoms with Crippen LogP contribution in [-0.2, 0) is 6.42 Å². The minimum Gasteiger partial charge on any atom is -0.192 e. The third-order valence-electron chi connectivity index (χ3n) is 2.95. The monoisotopic (exact) mass is 197 g/mol. The lowest BCUT2D eigenvalue weighted by Gasteiger charge is -2.19. The summed E-state index contributed by atoms with van der Waals surface area (Å²) in [6, 6.07) is 8.13. The largest absolute Gasteiger partial charge is 0.192 e. The maximum Gasteiger partial charge on any atom is 0.0991 e. The molecule has 0 N–H and O–H groups in total. The average molecular weight is 197 g/mol. The van der Waals surface area contributed by atoms with E-state index in [9.17, 15) is 0 Å². The molecule has 0 saturated heterocycles. The molecule has 2 rings (SSSR count). The first kappa shape index (κ1) is 9.98. The van der Waals surface area contributed by atoms with Gasteiger partial charge >= 0.3 is 0 Å². The van der Waals surface area contributed by atoms with Gasteiger partial charge in [-0.3, -0.25) is 0 Å². The van der Waals surface area contributed by atoms with Crippen molar-refractivity contribution in [3.8, 4) is 6.07 Å². The zero-order valence-corrected chi connectivity index (χ0v) is 9.46. The number of hydrogen-bond acceptors (Lipinski definition) is 1. The van der Waals surface area contributed by atoms with Crippen LogP contribution in [0, 0.1) is 16.7 Å². The topological polar surface area (TPSA) is 23.8 Å². The normalized spacial score (nSPS) is 14.4. The van der Waals surface area contributed by atoms with E-state index in [1.807, 2.05) is 12.1 Å². The van der Waals surface area contributed by atoms with Gasteiger partial charge in [0.15, 0.2) is 0 Å². The number of nitriles is 1. The standard InChI is InChI=1S/C14H15N/c1-14(2,3)13-7-11-5-4-10(9-15)6-12(11)8-13/h4-6,8H,7H2,1-3H3. The van der Waals surface area contributed by atoms with Crippen molar-refractivity contribution >= 4 is 6.08 Å². The van der Waals surface area contributed by atoms with E-state index >= 15 is 0 Å². The van der Waals surface area contributed by atoms with Crippen LogP contribution in [0.15, 0.2) is 23.8 Å². The highest BCUT2D eigenvalue weighted by Gasteiger charge is 2.22. The molecule has 0 bridgehead atoms. The molecule has 76 valence electrons. The van der Waals surface area contributed by atoms with Crippen molar-refractivity contribution in [2.75, 3.05) is 0 Å². The van der Waals surface area contributed by atoms with E-state index in [0.29, 0.717) is 0 Å². The molecule has 1 aromatic carbocycles. The second-order valence-electron chi connectivity index (χ2n) is 5.12. The van der Waals surface area contributed by atoms with Crippen LogP contribution in [0.25, 0.3) is 6.08 Å². The lowest BCUT2D eigenvalue weighted by Crippen LogP contribution is -2.08. The van der Waals surface area contributed by atoms with Crippen LogP contribution in [0.2, 0.25) is 0 Å². The van der Waals surface area contributed by atoms with Gasteiger partial charge < -0.3 is 0 Å². The van der Waals surface area contributed by atoms with Crippen LogP contribution in [0.1, 0.15) is 37.5 Å². The fourth-order valence-electron chi connectivity index (χ4n) is 1.89. The molecular formula is C14H15N. The SMILES string of the molecule is CC(C)(C)C1=Cc2cc(C#N)ccc2C1. The van der Waals surface area contributed by atoms with Gasteiger partial charge in [0.25, 0.3) is 0 Å². The Bertz CT molecular complexity index is 467. The van der Waals surface area contributed by atoms with E-state index in [2.05, 4.69) is 39.0 Å². The Morgan fingerprint density at radius 2 is 2.00 bits per heavy atom. The molecule has 0 radical (unpaired) electrons. The maximum absolute atomic E-state index is 8.82. The van der Waals surface area contributed by atoms with Crippen LogP contribution >= 0.6 is 0 Å². The minimum absolute atomic E-state index is 0.228. The first-order valence-electron chi connectivity index (χ1n) is 5.25. The fraction of sp³-hybridized carbons (Fsp3) is 0.357. The highest BCUT2D eigenvalue weighted by Crippen LogP contribution is 2.36. The summed E-state index contributed by atoms with van der Waals surface area (Å²) in [5, 5.41) is 8.82. The predicted molar refractivity (Wildman–Crippen MR) is 62.3 cm³/mol. The third-order valence-corrected chi connectivity index (χ3v) is 2.95. The van der Waals surface area contributed by atoms with Gasteiger partial charge in [-0.05, 0) is 35.1 Å². The van der Waals surface area contributed by atoms with Crippen LogP contribution in [0.5, 0.6) is 0 Å². The lowest BCUT2D eigenvalue weighted by molar-refractivity contribution is 0.498. The van der Waals surface area contributed by atoms with Crippen molar-refractivity contribution in [2.45, 2.75) is 27.2 Å². The number of nitrogens with zero attached hydrogens (tertiary/aromatic N) is 1. The molecule has 1 aliphatic carbocycles. The predicted octanol–water partition coefficient (Wildman–Crippen LogP) is 3.54. The molecule has 0 aliphatic heterocycles. The Balaban J connectivity index is 2.41. The molecule has 0 fully saturated rings. The van der Waals surface area contributed by atoms with Crippen LogP contribution in [0.3, 0.4) is 0 Å². The molecule has 1 aliphatic rings. The Morgan fingerprint density at radius 3 is 2.60 bits per heavy atom. The van der Waals surface area contributed by atoms with E-state index < -0.39 is 0 Å². The molecule has 1 aromatic rings. The van der Waals surface area contributed by atoms with Crippen LogP contribution < -0.4 is 0 Å². The van der Waals surface area contributed by atoms with Crippen molar-refractivity contribution in [3.63, 3.8) is 0 Å². The summed E-state index contributed by atoms with van der Waals surface area (Å²) in [5.41, 5.74) is 5.00. The van der Waals surface area contributed by atoms with Gasteiger partial charge in [-0.1, -0.05) is 38.5 Å². The van der Waals surface area contributed by atoms with Crippen LogP contribution in [-0.4, -0.2) is 0 Å². The lowest BCUT2D eigenvalue weighted by atomic mass is 9.85. The van der Waals surface area contributed by atoms with E-state index in [-0.39, 0.29) is 5.41 Å². The molecule has 0 amide bonds. The van der Waals surface area contributed by atoms with Crippen molar-refractivity contribution in [3.05, 3.63) is 40.5 Å². The zero-order chi connectivity index (χ0) is 11.1. The average Bonchev–Trinajstić information content (AvgIpc) is 2.59. The van der Waals surface area contributed by atoms with Gasteiger partial charge in [0.1, 0.15) is 0 Å². The summed E-state index contributed by atoms with van der Waals surface area (Å²) in [6.45, 7) is 6.70. The molecule has 0 spiro atoms. The quantitative estimate of drug-likeness (QED) is 0.624. The Labute approximate surface area is 91.0 Å².